The Labute approximate surface area is 145 Å². The van der Waals surface area contributed by atoms with Gasteiger partial charge in [0.1, 0.15) is 18.2 Å². The van der Waals surface area contributed by atoms with Crippen molar-refractivity contribution in [2.45, 2.75) is 13.2 Å². The van der Waals surface area contributed by atoms with E-state index in [1.165, 1.54) is 12.1 Å². The van der Waals surface area contributed by atoms with E-state index in [2.05, 4.69) is 5.32 Å². The van der Waals surface area contributed by atoms with Crippen LogP contribution >= 0.6 is 11.6 Å². The second-order valence-corrected chi connectivity index (χ2v) is 5.82. The van der Waals surface area contributed by atoms with Crippen molar-refractivity contribution in [3.05, 3.63) is 94.8 Å². The van der Waals surface area contributed by atoms with Crippen molar-refractivity contribution in [1.82, 2.24) is 0 Å². The van der Waals surface area contributed by atoms with Gasteiger partial charge in [0, 0.05) is 22.8 Å². The summed E-state index contributed by atoms with van der Waals surface area (Å²) < 4.78 is 18.9. The molecule has 3 aromatic rings. The maximum absolute atomic E-state index is 12.9. The molecule has 0 saturated heterocycles. The van der Waals surface area contributed by atoms with Gasteiger partial charge >= 0.3 is 0 Å². The van der Waals surface area contributed by atoms with Crippen molar-refractivity contribution in [2.75, 3.05) is 5.32 Å². The fraction of sp³-hybridized carbons (Fsp3) is 0.100. The fourth-order valence-electron chi connectivity index (χ4n) is 2.30. The fourth-order valence-corrected chi connectivity index (χ4v) is 2.42. The number of ether oxygens (including phenoxy) is 1. The molecule has 0 aromatic heterocycles. The summed E-state index contributed by atoms with van der Waals surface area (Å²) in [5.74, 6) is 0.578. The highest BCUT2D eigenvalue weighted by Crippen LogP contribution is 2.21. The first-order chi connectivity index (χ1) is 11.7. The molecule has 0 aliphatic rings. The number of para-hydroxylation sites is 1. The standard InChI is InChI=1S/C20H17ClFNO/c21-17-7-5-15(6-8-17)14-24-20-4-2-1-3-16(20)13-23-19-11-9-18(22)10-12-19/h1-12,23H,13-14H2. The van der Waals surface area contributed by atoms with Crippen molar-refractivity contribution < 1.29 is 9.13 Å². The Balaban J connectivity index is 1.64. The van der Waals surface area contributed by atoms with Crippen LogP contribution in [0.5, 0.6) is 5.75 Å². The van der Waals surface area contributed by atoms with Gasteiger partial charge in [-0.2, -0.15) is 0 Å². The van der Waals surface area contributed by atoms with Gasteiger partial charge in [-0.1, -0.05) is 41.9 Å². The largest absolute Gasteiger partial charge is 0.489 e. The molecular weight excluding hydrogens is 325 g/mol. The Hall–Kier alpha value is -2.52. The molecule has 0 amide bonds. The van der Waals surface area contributed by atoms with E-state index in [1.54, 1.807) is 12.1 Å². The van der Waals surface area contributed by atoms with E-state index in [9.17, 15) is 4.39 Å². The molecule has 0 heterocycles. The second kappa shape index (κ2) is 7.84. The van der Waals surface area contributed by atoms with E-state index in [-0.39, 0.29) is 5.82 Å². The molecule has 0 aliphatic carbocycles. The summed E-state index contributed by atoms with van der Waals surface area (Å²) in [7, 11) is 0. The Morgan fingerprint density at radius 3 is 2.33 bits per heavy atom. The molecule has 122 valence electrons. The van der Waals surface area contributed by atoms with Gasteiger partial charge in [0.25, 0.3) is 0 Å². The highest BCUT2D eigenvalue weighted by molar-refractivity contribution is 6.30. The summed E-state index contributed by atoms with van der Waals surface area (Å²) in [6.07, 6.45) is 0. The predicted octanol–water partition coefficient (Wildman–Crippen LogP) is 5.67. The molecule has 0 spiro atoms. The molecule has 0 saturated carbocycles. The third-order valence-electron chi connectivity index (χ3n) is 3.61. The number of rotatable bonds is 6. The molecular formula is C20H17ClFNO. The molecule has 4 heteroatoms. The average Bonchev–Trinajstić information content (AvgIpc) is 2.61. The van der Waals surface area contributed by atoms with Crippen LogP contribution in [0.2, 0.25) is 5.02 Å². The molecule has 0 fully saturated rings. The van der Waals surface area contributed by atoms with E-state index >= 15 is 0 Å². The molecule has 1 N–H and O–H groups in total. The van der Waals surface area contributed by atoms with Gasteiger partial charge in [-0.05, 0) is 48.0 Å². The summed E-state index contributed by atoms with van der Waals surface area (Å²) >= 11 is 5.89. The third kappa shape index (κ3) is 4.49. The van der Waals surface area contributed by atoms with Crippen molar-refractivity contribution in [3.63, 3.8) is 0 Å². The summed E-state index contributed by atoms with van der Waals surface area (Å²) in [6, 6.07) is 21.8. The highest BCUT2D eigenvalue weighted by Gasteiger charge is 2.04. The van der Waals surface area contributed by atoms with Crippen LogP contribution in [0.1, 0.15) is 11.1 Å². The maximum atomic E-state index is 12.9. The predicted molar refractivity (Wildman–Crippen MR) is 96.0 cm³/mol. The van der Waals surface area contributed by atoms with Crippen molar-refractivity contribution in [3.8, 4) is 5.75 Å². The number of hydrogen-bond donors (Lipinski definition) is 1. The normalized spacial score (nSPS) is 10.4. The SMILES string of the molecule is Fc1ccc(NCc2ccccc2OCc2ccc(Cl)cc2)cc1. The zero-order chi connectivity index (χ0) is 16.8. The minimum absolute atomic E-state index is 0.243. The molecule has 0 atom stereocenters. The van der Waals surface area contributed by atoms with Crippen LogP contribution in [-0.4, -0.2) is 0 Å². The highest BCUT2D eigenvalue weighted by atomic mass is 35.5. The van der Waals surface area contributed by atoms with Gasteiger partial charge in [0.15, 0.2) is 0 Å². The van der Waals surface area contributed by atoms with Crippen molar-refractivity contribution >= 4 is 17.3 Å². The molecule has 24 heavy (non-hydrogen) atoms. The minimum atomic E-state index is -0.243. The quantitative estimate of drug-likeness (QED) is 0.623. The Bertz CT molecular complexity index is 719. The number of benzene rings is 3. The van der Waals surface area contributed by atoms with Gasteiger partial charge in [0.2, 0.25) is 0 Å². The van der Waals surface area contributed by atoms with Gasteiger partial charge in [-0.15, -0.1) is 0 Å². The van der Waals surface area contributed by atoms with Crippen LogP contribution in [0.25, 0.3) is 0 Å². The van der Waals surface area contributed by atoms with Crippen molar-refractivity contribution in [2.24, 2.45) is 0 Å². The molecule has 0 unspecified atom stereocenters. The van der Waals surface area contributed by atoms with Gasteiger partial charge < -0.3 is 10.1 Å². The third-order valence-corrected chi connectivity index (χ3v) is 3.86. The molecule has 3 rings (SSSR count). The Morgan fingerprint density at radius 1 is 0.875 bits per heavy atom. The summed E-state index contributed by atoms with van der Waals surface area (Å²) in [5, 5.41) is 3.98. The van der Waals surface area contributed by atoms with E-state index in [0.29, 0.717) is 18.2 Å². The lowest BCUT2D eigenvalue weighted by Crippen LogP contribution is -2.03. The summed E-state index contributed by atoms with van der Waals surface area (Å²) in [5.41, 5.74) is 2.96. The van der Waals surface area contributed by atoms with E-state index in [4.69, 9.17) is 16.3 Å². The number of anilines is 1. The first kappa shape index (κ1) is 16.3. The average molecular weight is 342 g/mol. The minimum Gasteiger partial charge on any atom is -0.489 e. The van der Waals surface area contributed by atoms with Gasteiger partial charge in [-0.3, -0.25) is 0 Å². The molecule has 2 nitrogen and oxygen atoms in total. The van der Waals surface area contributed by atoms with E-state index < -0.39 is 0 Å². The smallest absolute Gasteiger partial charge is 0.124 e. The van der Waals surface area contributed by atoms with Crippen LogP contribution in [-0.2, 0) is 13.2 Å². The zero-order valence-electron chi connectivity index (χ0n) is 13.0. The summed E-state index contributed by atoms with van der Waals surface area (Å²) in [4.78, 5) is 0. The monoisotopic (exact) mass is 341 g/mol. The van der Waals surface area contributed by atoms with Crippen LogP contribution < -0.4 is 10.1 Å². The van der Waals surface area contributed by atoms with Gasteiger partial charge in [0.05, 0.1) is 0 Å². The van der Waals surface area contributed by atoms with Crippen molar-refractivity contribution in [1.29, 1.82) is 0 Å². The van der Waals surface area contributed by atoms with Crippen LogP contribution in [0.4, 0.5) is 10.1 Å². The second-order valence-electron chi connectivity index (χ2n) is 5.38. The first-order valence-corrected chi connectivity index (χ1v) is 8.03. The molecule has 0 aliphatic heterocycles. The number of nitrogens with one attached hydrogen (secondary N) is 1. The maximum Gasteiger partial charge on any atom is 0.124 e. The van der Waals surface area contributed by atoms with E-state index in [0.717, 1.165) is 22.6 Å². The lowest BCUT2D eigenvalue weighted by Gasteiger charge is -2.13. The van der Waals surface area contributed by atoms with Crippen LogP contribution in [0, 0.1) is 5.82 Å². The molecule has 0 radical (unpaired) electrons. The Morgan fingerprint density at radius 2 is 1.58 bits per heavy atom. The Kier molecular flexibility index (Phi) is 5.34. The summed E-state index contributed by atoms with van der Waals surface area (Å²) in [6.45, 7) is 1.08. The lowest BCUT2D eigenvalue weighted by atomic mass is 10.2. The van der Waals surface area contributed by atoms with Gasteiger partial charge in [-0.25, -0.2) is 4.39 Å². The lowest BCUT2D eigenvalue weighted by molar-refractivity contribution is 0.303. The topological polar surface area (TPSA) is 21.3 Å². The molecule has 3 aromatic carbocycles. The van der Waals surface area contributed by atoms with Crippen LogP contribution in [0.3, 0.4) is 0 Å². The number of halogens is 2. The number of hydrogen-bond acceptors (Lipinski definition) is 2. The first-order valence-electron chi connectivity index (χ1n) is 7.65. The van der Waals surface area contributed by atoms with Crippen LogP contribution in [0.15, 0.2) is 72.8 Å². The molecule has 0 bridgehead atoms. The zero-order valence-corrected chi connectivity index (χ0v) is 13.8. The van der Waals surface area contributed by atoms with E-state index in [1.807, 2.05) is 48.5 Å².